The van der Waals surface area contributed by atoms with E-state index in [9.17, 15) is 13.2 Å². The monoisotopic (exact) mass is 562 g/mol. The van der Waals surface area contributed by atoms with E-state index in [0.29, 0.717) is 12.1 Å². The van der Waals surface area contributed by atoms with Crippen LogP contribution < -0.4 is 14.8 Å². The number of sulfonamides is 1. The minimum absolute atomic E-state index is 0.0111. The van der Waals surface area contributed by atoms with Crippen LogP contribution in [0.4, 0.5) is 16.2 Å². The zero-order valence-electron chi connectivity index (χ0n) is 23.2. The second kappa shape index (κ2) is 12.3. The van der Waals surface area contributed by atoms with E-state index in [1.54, 1.807) is 6.07 Å². The van der Waals surface area contributed by atoms with E-state index in [4.69, 9.17) is 4.74 Å². The van der Waals surface area contributed by atoms with Gasteiger partial charge in [-0.3, -0.25) is 9.62 Å². The van der Waals surface area contributed by atoms with Crippen LogP contribution in [-0.4, -0.2) is 56.2 Å². The number of nitrogens with zero attached hydrogens (tertiary/aromatic N) is 2. The van der Waals surface area contributed by atoms with Gasteiger partial charge in [-0.2, -0.15) is 0 Å². The molecule has 2 aliphatic heterocycles. The summed E-state index contributed by atoms with van der Waals surface area (Å²) < 4.78 is 31.9. The van der Waals surface area contributed by atoms with Crippen molar-refractivity contribution in [3.05, 3.63) is 83.4 Å². The quantitative estimate of drug-likeness (QED) is 0.259. The van der Waals surface area contributed by atoms with E-state index in [2.05, 4.69) is 34.0 Å². The van der Waals surface area contributed by atoms with Crippen LogP contribution >= 0.6 is 0 Å². The van der Waals surface area contributed by atoms with Crippen molar-refractivity contribution < 1.29 is 17.9 Å². The number of para-hydroxylation sites is 1. The van der Waals surface area contributed by atoms with Gasteiger partial charge in [-0.05, 0) is 66.8 Å². The molecule has 8 nitrogen and oxygen atoms in total. The molecule has 0 aliphatic carbocycles. The fraction of sp³-hybridized carbons (Fsp3) is 0.387. The topological polar surface area (TPSA) is 91.0 Å². The van der Waals surface area contributed by atoms with Gasteiger partial charge in [-0.15, -0.1) is 0 Å². The molecule has 2 aliphatic rings. The molecular formula is C31H38N4O4S. The summed E-state index contributed by atoms with van der Waals surface area (Å²) in [6.07, 6.45) is 5.77. The molecule has 40 heavy (non-hydrogen) atoms. The molecule has 1 fully saturated rings. The molecule has 0 radical (unpaired) electrons. The van der Waals surface area contributed by atoms with E-state index in [0.717, 1.165) is 86.4 Å². The van der Waals surface area contributed by atoms with Gasteiger partial charge < -0.3 is 15.0 Å². The molecule has 0 spiro atoms. The lowest BCUT2D eigenvalue weighted by molar-refractivity contribution is 0.122. The lowest BCUT2D eigenvalue weighted by Crippen LogP contribution is -2.49. The Morgan fingerprint density at radius 3 is 2.38 bits per heavy atom. The zero-order valence-corrected chi connectivity index (χ0v) is 24.0. The van der Waals surface area contributed by atoms with Crippen molar-refractivity contribution in [2.75, 3.05) is 35.9 Å². The third kappa shape index (κ3) is 7.14. The van der Waals surface area contributed by atoms with Gasteiger partial charge in [-0.25, -0.2) is 13.2 Å². The Hall–Kier alpha value is -3.56. The number of rotatable bonds is 9. The van der Waals surface area contributed by atoms with Crippen LogP contribution in [0, 0.1) is 0 Å². The molecule has 0 atom stereocenters. The SMILES string of the molecule is CCCCN(C(=O)Nc1ccccc1)C1CCN(Cc2ccc3c(c2)Cc2cc(NS(C)(=O)=O)ccc2O3)CC1. The number of anilines is 2. The van der Waals surface area contributed by atoms with Crippen LogP contribution in [0.2, 0.25) is 0 Å². The number of unbranched alkanes of at least 4 members (excludes halogenated alkanes) is 1. The fourth-order valence-corrected chi connectivity index (χ4v) is 6.08. The fourth-order valence-electron chi connectivity index (χ4n) is 5.53. The molecule has 0 unspecified atom stereocenters. The van der Waals surface area contributed by atoms with E-state index in [1.165, 1.54) is 5.56 Å². The van der Waals surface area contributed by atoms with E-state index >= 15 is 0 Å². The standard InChI is InChI=1S/C31H38N4O4S/c1-3-4-16-35(31(36)32-26-8-6-5-7-9-26)28-14-17-34(18-15-28)22-23-10-12-29-24(19-23)20-25-21-27(33-40(2,37)38)11-13-30(25)39-29/h5-13,19,21,28,33H,3-4,14-18,20,22H2,1-2H3,(H,32,36). The third-order valence-corrected chi connectivity index (χ3v) is 8.14. The van der Waals surface area contributed by atoms with Crippen LogP contribution in [-0.2, 0) is 23.0 Å². The number of ether oxygens (including phenoxy) is 1. The Bertz CT molecular complexity index is 1440. The van der Waals surface area contributed by atoms with Gasteiger partial charge in [-0.1, -0.05) is 43.7 Å². The Morgan fingerprint density at radius 2 is 1.68 bits per heavy atom. The lowest BCUT2D eigenvalue weighted by atomic mass is 9.97. The molecule has 1 saturated heterocycles. The maximum absolute atomic E-state index is 13.2. The first kappa shape index (κ1) is 28.0. The smallest absolute Gasteiger partial charge is 0.322 e. The summed E-state index contributed by atoms with van der Waals surface area (Å²) in [5.74, 6) is 1.60. The van der Waals surface area contributed by atoms with Crippen molar-refractivity contribution in [3.8, 4) is 11.5 Å². The Balaban J connectivity index is 1.19. The number of likely N-dealkylation sites (tertiary alicyclic amines) is 1. The molecule has 0 bridgehead atoms. The minimum Gasteiger partial charge on any atom is -0.457 e. The van der Waals surface area contributed by atoms with Gasteiger partial charge in [0.2, 0.25) is 10.0 Å². The van der Waals surface area contributed by atoms with E-state index in [1.807, 2.05) is 53.4 Å². The molecule has 0 aromatic heterocycles. The molecule has 3 aromatic rings. The highest BCUT2D eigenvalue weighted by Gasteiger charge is 2.28. The number of benzene rings is 3. The van der Waals surface area contributed by atoms with Gasteiger partial charge in [0.25, 0.3) is 0 Å². The number of hydrogen-bond acceptors (Lipinski definition) is 5. The number of nitrogens with one attached hydrogen (secondary N) is 2. The van der Waals surface area contributed by atoms with Crippen LogP contribution in [0.15, 0.2) is 66.7 Å². The maximum atomic E-state index is 13.2. The number of piperidine rings is 1. The van der Waals surface area contributed by atoms with E-state index < -0.39 is 10.0 Å². The molecule has 0 saturated carbocycles. The van der Waals surface area contributed by atoms with Crippen LogP contribution in [0.25, 0.3) is 0 Å². The van der Waals surface area contributed by atoms with Gasteiger partial charge in [0.1, 0.15) is 11.5 Å². The predicted molar refractivity (Wildman–Crippen MR) is 160 cm³/mol. The van der Waals surface area contributed by atoms with E-state index in [-0.39, 0.29) is 12.1 Å². The van der Waals surface area contributed by atoms with Gasteiger partial charge in [0.15, 0.2) is 0 Å². The Labute approximate surface area is 237 Å². The molecule has 2 amide bonds. The first-order chi connectivity index (χ1) is 19.3. The van der Waals surface area contributed by atoms with Crippen molar-refractivity contribution in [1.29, 1.82) is 0 Å². The predicted octanol–water partition coefficient (Wildman–Crippen LogP) is 6.05. The van der Waals surface area contributed by atoms with Crippen molar-refractivity contribution in [2.24, 2.45) is 0 Å². The van der Waals surface area contributed by atoms with Crippen molar-refractivity contribution in [2.45, 2.75) is 51.6 Å². The molecule has 2 N–H and O–H groups in total. The highest BCUT2D eigenvalue weighted by Crippen LogP contribution is 2.38. The highest BCUT2D eigenvalue weighted by atomic mass is 32.2. The molecule has 5 rings (SSSR count). The second-order valence-electron chi connectivity index (χ2n) is 10.8. The van der Waals surface area contributed by atoms with Gasteiger partial charge >= 0.3 is 6.03 Å². The van der Waals surface area contributed by atoms with Crippen LogP contribution in [0.5, 0.6) is 11.5 Å². The van der Waals surface area contributed by atoms with Crippen LogP contribution in [0.3, 0.4) is 0 Å². The summed E-state index contributed by atoms with van der Waals surface area (Å²) in [6.45, 7) is 5.64. The summed E-state index contributed by atoms with van der Waals surface area (Å²) in [4.78, 5) is 17.7. The zero-order chi connectivity index (χ0) is 28.1. The maximum Gasteiger partial charge on any atom is 0.322 e. The number of hydrogen-bond donors (Lipinski definition) is 2. The normalized spacial score (nSPS) is 15.4. The number of carbonyl (C=O) groups excluding carboxylic acids is 1. The second-order valence-corrected chi connectivity index (χ2v) is 12.5. The van der Waals surface area contributed by atoms with Crippen molar-refractivity contribution >= 4 is 27.4 Å². The van der Waals surface area contributed by atoms with Gasteiger partial charge in [0.05, 0.1) is 6.26 Å². The van der Waals surface area contributed by atoms with Crippen molar-refractivity contribution in [1.82, 2.24) is 9.80 Å². The molecule has 9 heteroatoms. The molecular weight excluding hydrogens is 524 g/mol. The average Bonchev–Trinajstić information content (AvgIpc) is 2.92. The highest BCUT2D eigenvalue weighted by molar-refractivity contribution is 7.92. The van der Waals surface area contributed by atoms with Gasteiger partial charge in [0, 0.05) is 55.6 Å². The summed E-state index contributed by atoms with van der Waals surface area (Å²) in [7, 11) is -3.34. The first-order valence-corrected chi connectivity index (χ1v) is 15.9. The lowest BCUT2D eigenvalue weighted by Gasteiger charge is -2.38. The van der Waals surface area contributed by atoms with Crippen molar-refractivity contribution in [3.63, 3.8) is 0 Å². The summed E-state index contributed by atoms with van der Waals surface area (Å²) >= 11 is 0. The number of carbonyl (C=O) groups is 1. The Morgan fingerprint density at radius 1 is 0.975 bits per heavy atom. The minimum atomic E-state index is -3.34. The summed E-state index contributed by atoms with van der Waals surface area (Å²) in [6, 6.07) is 21.6. The molecule has 212 valence electrons. The number of amides is 2. The summed E-state index contributed by atoms with van der Waals surface area (Å²) in [5.41, 5.74) is 4.64. The third-order valence-electron chi connectivity index (χ3n) is 7.53. The largest absolute Gasteiger partial charge is 0.457 e. The number of fused-ring (bicyclic) bond motifs is 2. The first-order valence-electron chi connectivity index (χ1n) is 14.0. The average molecular weight is 563 g/mol. The van der Waals surface area contributed by atoms with Crippen LogP contribution in [0.1, 0.15) is 49.3 Å². The Kier molecular flexibility index (Phi) is 8.61. The number of urea groups is 1. The molecule has 3 aromatic carbocycles. The summed E-state index contributed by atoms with van der Waals surface area (Å²) in [5, 5.41) is 3.08. The molecule has 2 heterocycles.